The van der Waals surface area contributed by atoms with Crippen LogP contribution in [0.1, 0.15) is 28.9 Å². The molecule has 160 valence electrons. The van der Waals surface area contributed by atoms with Crippen molar-refractivity contribution < 1.29 is 14.3 Å². The number of likely N-dealkylation sites (tertiary alicyclic amines) is 1. The molecule has 0 saturated carbocycles. The second-order valence-corrected chi connectivity index (χ2v) is 9.08. The van der Waals surface area contributed by atoms with Gasteiger partial charge >= 0.3 is 0 Å². The van der Waals surface area contributed by atoms with Gasteiger partial charge in [-0.25, -0.2) is 0 Å². The Hall–Kier alpha value is -3.13. The lowest BCUT2D eigenvalue weighted by atomic mass is 9.77. The normalized spacial score (nSPS) is 18.0. The minimum Gasteiger partial charge on any atom is -0.496 e. The summed E-state index contributed by atoms with van der Waals surface area (Å²) >= 11 is 1.47. The van der Waals surface area contributed by atoms with E-state index in [1.165, 1.54) is 11.3 Å². The number of ether oxygens (including phenoxy) is 1. The van der Waals surface area contributed by atoms with Crippen molar-refractivity contribution in [3.63, 3.8) is 0 Å². The Balaban J connectivity index is 1.32. The van der Waals surface area contributed by atoms with Crippen molar-refractivity contribution in [2.24, 2.45) is 5.41 Å². The van der Waals surface area contributed by atoms with Crippen LogP contribution in [0.4, 0.5) is 5.69 Å². The van der Waals surface area contributed by atoms with Gasteiger partial charge in [-0.1, -0.05) is 6.07 Å². The van der Waals surface area contributed by atoms with Gasteiger partial charge < -0.3 is 14.5 Å². The van der Waals surface area contributed by atoms with Gasteiger partial charge in [0.15, 0.2) is 0 Å². The van der Waals surface area contributed by atoms with Crippen LogP contribution in [0.3, 0.4) is 0 Å². The highest BCUT2D eigenvalue weighted by atomic mass is 32.1. The zero-order chi connectivity index (χ0) is 21.4. The molecule has 0 atom stereocenters. The molecule has 5 rings (SSSR count). The molecule has 0 bridgehead atoms. The highest BCUT2D eigenvalue weighted by Gasteiger charge is 2.49. The van der Waals surface area contributed by atoms with E-state index in [0.29, 0.717) is 38.2 Å². The third kappa shape index (κ3) is 3.40. The van der Waals surface area contributed by atoms with Gasteiger partial charge in [0.2, 0.25) is 5.91 Å². The molecule has 1 spiro atoms. The minimum atomic E-state index is -0.372. The van der Waals surface area contributed by atoms with Crippen LogP contribution in [0.5, 0.6) is 5.75 Å². The number of rotatable bonds is 4. The first-order valence-corrected chi connectivity index (χ1v) is 11.3. The number of aromatic amines is 1. The maximum atomic E-state index is 13.5. The Labute approximate surface area is 184 Å². The molecule has 1 aromatic carbocycles. The van der Waals surface area contributed by atoms with Crippen molar-refractivity contribution in [2.75, 3.05) is 31.6 Å². The number of H-pyrrole nitrogens is 1. The number of aromatic nitrogens is 2. The molecule has 2 aromatic heterocycles. The fourth-order valence-corrected chi connectivity index (χ4v) is 5.40. The molecule has 2 aliphatic rings. The summed E-state index contributed by atoms with van der Waals surface area (Å²) < 4.78 is 5.59. The predicted octanol–water partition coefficient (Wildman–Crippen LogP) is 3.81. The Morgan fingerprint density at radius 3 is 2.68 bits per heavy atom. The van der Waals surface area contributed by atoms with E-state index in [9.17, 15) is 9.59 Å². The quantitative estimate of drug-likeness (QED) is 0.675. The number of hydrogen-bond donors (Lipinski definition) is 1. The molecular formula is C23H24N4O3S. The Morgan fingerprint density at radius 2 is 2.00 bits per heavy atom. The topological polar surface area (TPSA) is 78.5 Å². The maximum Gasteiger partial charge on any atom is 0.263 e. The van der Waals surface area contributed by atoms with Gasteiger partial charge in [-0.15, -0.1) is 11.3 Å². The highest BCUT2D eigenvalue weighted by molar-refractivity contribution is 7.12. The first-order chi connectivity index (χ1) is 15.1. The lowest BCUT2D eigenvalue weighted by Gasteiger charge is -2.37. The summed E-state index contributed by atoms with van der Waals surface area (Å²) in [5.74, 6) is 0.949. The monoisotopic (exact) mass is 436 g/mol. The van der Waals surface area contributed by atoms with E-state index >= 15 is 0 Å². The first kappa shape index (κ1) is 19.8. The van der Waals surface area contributed by atoms with Crippen LogP contribution in [0, 0.1) is 5.41 Å². The zero-order valence-electron chi connectivity index (χ0n) is 17.3. The Morgan fingerprint density at radius 1 is 1.19 bits per heavy atom. The second kappa shape index (κ2) is 7.85. The summed E-state index contributed by atoms with van der Waals surface area (Å²) in [6, 6.07) is 9.62. The van der Waals surface area contributed by atoms with Crippen LogP contribution >= 0.6 is 11.3 Å². The van der Waals surface area contributed by atoms with Crippen LogP contribution < -0.4 is 9.64 Å². The number of amides is 2. The second-order valence-electron chi connectivity index (χ2n) is 8.13. The lowest BCUT2D eigenvalue weighted by molar-refractivity contribution is -0.127. The van der Waals surface area contributed by atoms with E-state index in [0.717, 1.165) is 28.1 Å². The number of nitrogens with zero attached hydrogens (tertiary/aromatic N) is 3. The van der Waals surface area contributed by atoms with Crippen molar-refractivity contribution in [1.82, 2.24) is 15.1 Å². The van der Waals surface area contributed by atoms with E-state index in [1.807, 2.05) is 51.7 Å². The molecule has 2 fully saturated rings. The summed E-state index contributed by atoms with van der Waals surface area (Å²) in [5, 5.41) is 8.74. The Bertz CT molecular complexity index is 1090. The number of benzene rings is 1. The number of methoxy groups -OCH3 is 1. The molecule has 1 N–H and O–H groups in total. The molecule has 2 saturated heterocycles. The van der Waals surface area contributed by atoms with E-state index in [2.05, 4.69) is 10.2 Å². The van der Waals surface area contributed by atoms with Gasteiger partial charge in [-0.3, -0.25) is 14.7 Å². The molecule has 31 heavy (non-hydrogen) atoms. The van der Waals surface area contributed by atoms with Crippen LogP contribution in [-0.4, -0.2) is 53.7 Å². The maximum absolute atomic E-state index is 13.5. The van der Waals surface area contributed by atoms with Crippen molar-refractivity contribution in [3.8, 4) is 16.9 Å². The van der Waals surface area contributed by atoms with Crippen molar-refractivity contribution in [2.45, 2.75) is 19.3 Å². The average Bonchev–Trinajstić information content (AvgIpc) is 3.57. The number of carbonyl (C=O) groups is 2. The Kier molecular flexibility index (Phi) is 5.02. The first-order valence-electron chi connectivity index (χ1n) is 10.4. The SMILES string of the molecule is COc1cc(N2CCC3(CCN(C(=O)c4cccs4)CC3)C2=O)ccc1-c1cn[nH]c1. The van der Waals surface area contributed by atoms with Gasteiger partial charge in [-0.05, 0) is 42.8 Å². The number of piperidine rings is 1. The van der Waals surface area contributed by atoms with Gasteiger partial charge in [0.25, 0.3) is 5.91 Å². The summed E-state index contributed by atoms with van der Waals surface area (Å²) in [7, 11) is 1.64. The van der Waals surface area contributed by atoms with Crippen LogP contribution in [0.25, 0.3) is 11.1 Å². The number of anilines is 1. The molecule has 2 amide bonds. The highest BCUT2D eigenvalue weighted by Crippen LogP contribution is 2.44. The standard InChI is InChI=1S/C23H24N4O3S/c1-30-19-13-17(4-5-18(19)16-14-24-25-15-16)27-11-8-23(22(27)29)6-9-26(10-7-23)21(28)20-3-2-12-31-20/h2-5,12-15H,6-11H2,1H3,(H,24,25). The fraction of sp³-hybridized carbons (Fsp3) is 0.348. The van der Waals surface area contributed by atoms with E-state index in [-0.39, 0.29) is 17.2 Å². The molecule has 3 aromatic rings. The van der Waals surface area contributed by atoms with Crippen LogP contribution in [0.15, 0.2) is 48.1 Å². The molecule has 7 nitrogen and oxygen atoms in total. The van der Waals surface area contributed by atoms with Crippen molar-refractivity contribution >= 4 is 28.8 Å². The molecular weight excluding hydrogens is 412 g/mol. The van der Waals surface area contributed by atoms with E-state index < -0.39 is 0 Å². The fourth-order valence-electron chi connectivity index (χ4n) is 4.71. The molecule has 4 heterocycles. The van der Waals surface area contributed by atoms with Gasteiger partial charge in [0, 0.05) is 48.7 Å². The van der Waals surface area contributed by atoms with Crippen LogP contribution in [-0.2, 0) is 4.79 Å². The van der Waals surface area contributed by atoms with E-state index in [4.69, 9.17) is 4.74 Å². The third-order valence-corrected chi connectivity index (χ3v) is 7.42. The zero-order valence-corrected chi connectivity index (χ0v) is 18.2. The van der Waals surface area contributed by atoms with Gasteiger partial charge in [0.1, 0.15) is 5.75 Å². The number of thiophene rings is 1. The summed E-state index contributed by atoms with van der Waals surface area (Å²) in [6.45, 7) is 1.93. The van der Waals surface area contributed by atoms with E-state index in [1.54, 1.807) is 13.3 Å². The summed E-state index contributed by atoms with van der Waals surface area (Å²) in [6.07, 6.45) is 5.81. The number of nitrogens with one attached hydrogen (secondary N) is 1. The lowest BCUT2D eigenvalue weighted by Crippen LogP contribution is -2.46. The smallest absolute Gasteiger partial charge is 0.263 e. The van der Waals surface area contributed by atoms with Crippen molar-refractivity contribution in [1.29, 1.82) is 0 Å². The molecule has 2 aliphatic heterocycles. The van der Waals surface area contributed by atoms with Gasteiger partial charge in [0.05, 0.1) is 23.6 Å². The van der Waals surface area contributed by atoms with Gasteiger partial charge in [-0.2, -0.15) is 5.10 Å². The average molecular weight is 437 g/mol. The number of carbonyl (C=O) groups excluding carboxylic acids is 2. The molecule has 0 unspecified atom stereocenters. The minimum absolute atomic E-state index is 0.0757. The molecule has 0 radical (unpaired) electrons. The van der Waals surface area contributed by atoms with Crippen molar-refractivity contribution in [3.05, 3.63) is 53.0 Å². The largest absolute Gasteiger partial charge is 0.496 e. The summed E-state index contributed by atoms with van der Waals surface area (Å²) in [4.78, 5) is 30.6. The van der Waals surface area contributed by atoms with Crippen LogP contribution in [0.2, 0.25) is 0 Å². The summed E-state index contributed by atoms with van der Waals surface area (Å²) in [5.41, 5.74) is 2.35. The molecule has 0 aliphatic carbocycles. The predicted molar refractivity (Wildman–Crippen MR) is 119 cm³/mol. The number of hydrogen-bond acceptors (Lipinski definition) is 5. The molecule has 8 heteroatoms. The third-order valence-electron chi connectivity index (χ3n) is 6.56.